The van der Waals surface area contributed by atoms with Crippen LogP contribution in [0.2, 0.25) is 0 Å². The Morgan fingerprint density at radius 1 is 1.00 bits per heavy atom. The zero-order valence-corrected chi connectivity index (χ0v) is 12.0. The van der Waals surface area contributed by atoms with E-state index in [9.17, 15) is 0 Å². The first-order valence-electron chi connectivity index (χ1n) is 7.31. The van der Waals surface area contributed by atoms with E-state index in [1.807, 2.05) is 13.1 Å². The molecule has 1 unspecified atom stereocenters. The number of hydrogen-bond acceptors (Lipinski definition) is 2. The van der Waals surface area contributed by atoms with Crippen LogP contribution in [0.5, 0.6) is 0 Å². The van der Waals surface area contributed by atoms with Crippen molar-refractivity contribution in [3.63, 3.8) is 0 Å². The third-order valence-electron chi connectivity index (χ3n) is 4.46. The van der Waals surface area contributed by atoms with Crippen LogP contribution in [-0.2, 0) is 0 Å². The molecule has 0 amide bonds. The summed E-state index contributed by atoms with van der Waals surface area (Å²) in [7, 11) is 2.01. The molecule has 0 heterocycles. The van der Waals surface area contributed by atoms with Gasteiger partial charge in [0.05, 0.1) is 0 Å². The summed E-state index contributed by atoms with van der Waals surface area (Å²) >= 11 is 0. The van der Waals surface area contributed by atoms with Gasteiger partial charge in [-0.2, -0.15) is 0 Å². The molecule has 0 aliphatic heterocycles. The summed E-state index contributed by atoms with van der Waals surface area (Å²) in [5.74, 6) is 0. The molecule has 1 fully saturated rings. The minimum atomic E-state index is 0.139. The van der Waals surface area contributed by atoms with Crippen LogP contribution >= 0.6 is 0 Å². The van der Waals surface area contributed by atoms with Gasteiger partial charge in [0.25, 0.3) is 0 Å². The molecule has 1 aliphatic carbocycles. The number of nitrogens with one attached hydrogen (secondary N) is 1. The summed E-state index contributed by atoms with van der Waals surface area (Å²) in [5.41, 5.74) is 10.5. The number of benzene rings is 2. The van der Waals surface area contributed by atoms with Gasteiger partial charge in [-0.25, -0.2) is 0 Å². The highest BCUT2D eigenvalue weighted by Crippen LogP contribution is 2.53. The van der Waals surface area contributed by atoms with E-state index in [2.05, 4.69) is 53.8 Å². The molecule has 2 nitrogen and oxygen atoms in total. The predicted octanol–water partition coefficient (Wildman–Crippen LogP) is 3.35. The fraction of sp³-hybridized carbons (Fsp3) is 0.333. The maximum absolute atomic E-state index is 6.47. The zero-order valence-electron chi connectivity index (χ0n) is 12.0. The van der Waals surface area contributed by atoms with E-state index in [0.29, 0.717) is 0 Å². The second-order valence-corrected chi connectivity index (χ2v) is 5.86. The molecule has 1 aliphatic rings. The van der Waals surface area contributed by atoms with Crippen molar-refractivity contribution in [1.29, 1.82) is 0 Å². The smallest absolute Gasteiger partial charge is 0.0364 e. The largest absolute Gasteiger partial charge is 0.323 e. The Kier molecular flexibility index (Phi) is 3.60. The molecule has 1 saturated carbocycles. The molecule has 2 heteroatoms. The maximum atomic E-state index is 6.47. The SMILES string of the molecule is CNCC1(C(N)c2ccc(-c3ccccc3)cc2)CC1. The highest BCUT2D eigenvalue weighted by Gasteiger charge is 2.47. The quantitative estimate of drug-likeness (QED) is 0.871. The van der Waals surface area contributed by atoms with Gasteiger partial charge in [-0.3, -0.25) is 0 Å². The molecule has 0 radical (unpaired) electrons. The van der Waals surface area contributed by atoms with E-state index in [1.165, 1.54) is 29.5 Å². The van der Waals surface area contributed by atoms with Gasteiger partial charge >= 0.3 is 0 Å². The zero-order chi connectivity index (χ0) is 14.0. The van der Waals surface area contributed by atoms with Crippen molar-refractivity contribution in [2.45, 2.75) is 18.9 Å². The average molecular weight is 266 g/mol. The number of nitrogens with two attached hydrogens (primary N) is 1. The highest BCUT2D eigenvalue weighted by molar-refractivity contribution is 5.63. The molecule has 1 atom stereocenters. The van der Waals surface area contributed by atoms with Crippen LogP contribution in [0.25, 0.3) is 11.1 Å². The molecule has 2 aromatic carbocycles. The van der Waals surface area contributed by atoms with Crippen molar-refractivity contribution >= 4 is 0 Å². The molecule has 0 aromatic heterocycles. The van der Waals surface area contributed by atoms with Gasteiger partial charge in [-0.1, -0.05) is 54.6 Å². The molecule has 104 valence electrons. The van der Waals surface area contributed by atoms with Crippen molar-refractivity contribution in [3.8, 4) is 11.1 Å². The van der Waals surface area contributed by atoms with E-state index in [4.69, 9.17) is 5.73 Å². The Morgan fingerprint density at radius 2 is 1.60 bits per heavy atom. The molecule has 3 rings (SSSR count). The van der Waals surface area contributed by atoms with Crippen molar-refractivity contribution in [1.82, 2.24) is 5.32 Å². The van der Waals surface area contributed by atoms with Crippen molar-refractivity contribution in [2.75, 3.05) is 13.6 Å². The van der Waals surface area contributed by atoms with Gasteiger partial charge in [-0.15, -0.1) is 0 Å². The Labute approximate surface area is 121 Å². The summed E-state index contributed by atoms with van der Waals surface area (Å²) < 4.78 is 0. The van der Waals surface area contributed by atoms with E-state index >= 15 is 0 Å². The average Bonchev–Trinajstić information content (AvgIpc) is 3.29. The van der Waals surface area contributed by atoms with Crippen LogP contribution in [0, 0.1) is 5.41 Å². The summed E-state index contributed by atoms with van der Waals surface area (Å²) in [6.45, 7) is 1.01. The van der Waals surface area contributed by atoms with Gasteiger partial charge in [0.15, 0.2) is 0 Å². The van der Waals surface area contributed by atoms with Crippen LogP contribution in [0.3, 0.4) is 0 Å². The van der Waals surface area contributed by atoms with Crippen LogP contribution in [0.15, 0.2) is 54.6 Å². The van der Waals surface area contributed by atoms with Crippen LogP contribution in [0.4, 0.5) is 0 Å². The molecule has 20 heavy (non-hydrogen) atoms. The normalized spacial score (nSPS) is 17.7. The van der Waals surface area contributed by atoms with E-state index in [-0.39, 0.29) is 11.5 Å². The molecular weight excluding hydrogens is 244 g/mol. The van der Waals surface area contributed by atoms with E-state index < -0.39 is 0 Å². The van der Waals surface area contributed by atoms with E-state index in [0.717, 1.165) is 6.54 Å². The van der Waals surface area contributed by atoms with Crippen LogP contribution in [-0.4, -0.2) is 13.6 Å². The van der Waals surface area contributed by atoms with Crippen molar-refractivity contribution < 1.29 is 0 Å². The molecular formula is C18H22N2. The van der Waals surface area contributed by atoms with Gasteiger partial charge in [-0.05, 0) is 36.6 Å². The molecule has 0 spiro atoms. The van der Waals surface area contributed by atoms with Crippen LogP contribution in [0.1, 0.15) is 24.4 Å². The lowest BCUT2D eigenvalue weighted by Gasteiger charge is -2.23. The summed E-state index contributed by atoms with van der Waals surface area (Å²) in [6.07, 6.45) is 2.46. The first-order valence-corrected chi connectivity index (χ1v) is 7.31. The van der Waals surface area contributed by atoms with Crippen LogP contribution < -0.4 is 11.1 Å². The fourth-order valence-electron chi connectivity index (χ4n) is 2.98. The topological polar surface area (TPSA) is 38.0 Å². The fourth-order valence-corrected chi connectivity index (χ4v) is 2.98. The number of hydrogen-bond donors (Lipinski definition) is 2. The van der Waals surface area contributed by atoms with Gasteiger partial charge in [0, 0.05) is 18.0 Å². The first kappa shape index (κ1) is 13.3. The standard InChI is InChI=1S/C18H22N2/c1-20-13-18(11-12-18)17(19)16-9-7-15(8-10-16)14-5-3-2-4-6-14/h2-10,17,20H,11-13,19H2,1H3. The van der Waals surface area contributed by atoms with E-state index in [1.54, 1.807) is 0 Å². The molecule has 3 N–H and O–H groups in total. The third kappa shape index (κ3) is 2.49. The lowest BCUT2D eigenvalue weighted by Crippen LogP contribution is -2.31. The third-order valence-corrected chi connectivity index (χ3v) is 4.46. The Hall–Kier alpha value is -1.64. The monoisotopic (exact) mass is 266 g/mol. The van der Waals surface area contributed by atoms with Gasteiger partial charge in [0.2, 0.25) is 0 Å². The lowest BCUT2D eigenvalue weighted by atomic mass is 9.90. The van der Waals surface area contributed by atoms with Crippen molar-refractivity contribution in [3.05, 3.63) is 60.2 Å². The number of rotatable bonds is 5. The lowest BCUT2D eigenvalue weighted by molar-refractivity contribution is 0.392. The summed E-state index contributed by atoms with van der Waals surface area (Å²) in [4.78, 5) is 0. The predicted molar refractivity (Wildman–Crippen MR) is 84.4 cm³/mol. The molecule has 0 saturated heterocycles. The Balaban J connectivity index is 1.80. The second kappa shape index (κ2) is 5.39. The molecule has 2 aromatic rings. The summed E-state index contributed by atoms with van der Waals surface area (Å²) in [6, 6.07) is 19.3. The minimum Gasteiger partial charge on any atom is -0.323 e. The Morgan fingerprint density at radius 3 is 2.15 bits per heavy atom. The maximum Gasteiger partial charge on any atom is 0.0364 e. The van der Waals surface area contributed by atoms with Gasteiger partial charge < -0.3 is 11.1 Å². The summed E-state index contributed by atoms with van der Waals surface area (Å²) in [5, 5.41) is 3.28. The minimum absolute atomic E-state index is 0.139. The molecule has 0 bridgehead atoms. The van der Waals surface area contributed by atoms with Gasteiger partial charge in [0.1, 0.15) is 0 Å². The first-order chi connectivity index (χ1) is 9.75. The Bertz CT molecular complexity index is 556. The van der Waals surface area contributed by atoms with Crippen molar-refractivity contribution in [2.24, 2.45) is 11.1 Å². The highest BCUT2D eigenvalue weighted by atomic mass is 14.9. The second-order valence-electron chi connectivity index (χ2n) is 5.86.